The summed E-state index contributed by atoms with van der Waals surface area (Å²) in [6, 6.07) is 0. The Morgan fingerprint density at radius 1 is 0.370 bits per heavy atom. The Balaban J connectivity index is 2.95. The molecule has 0 amide bonds. The van der Waals surface area contributed by atoms with E-state index in [1.165, 1.54) is 0 Å². The lowest BCUT2D eigenvalue weighted by molar-refractivity contribution is 0.00226. The highest BCUT2D eigenvalue weighted by atomic mass is 32.2. The van der Waals surface area contributed by atoms with Gasteiger partial charge in [0, 0.05) is 0 Å². The van der Waals surface area contributed by atoms with Gasteiger partial charge in [-0.1, -0.05) is 0 Å². The monoisotopic (exact) mass is 418 g/mol. The van der Waals surface area contributed by atoms with Crippen LogP contribution >= 0.6 is 12.3 Å². The van der Waals surface area contributed by atoms with E-state index >= 15 is 0 Å². The topological polar surface area (TPSA) is 114 Å². The van der Waals surface area contributed by atoms with E-state index < -0.39 is 0 Å². The van der Waals surface area contributed by atoms with Gasteiger partial charge in [0.15, 0.2) is 12.3 Å². The van der Waals surface area contributed by atoms with Gasteiger partial charge in [0.25, 0.3) is 0 Å². The van der Waals surface area contributed by atoms with E-state index in [9.17, 15) is 0 Å². The van der Waals surface area contributed by atoms with Crippen molar-refractivity contribution in [2.24, 2.45) is 0 Å². The molecular weight excluding hydrogens is 384 g/mol. The summed E-state index contributed by atoms with van der Waals surface area (Å²) in [5, 5.41) is 17.0. The molecular formula is C16H34O10S. The molecule has 0 saturated heterocycles. The first kappa shape index (κ1) is 27.0. The molecule has 0 aromatic heterocycles. The van der Waals surface area contributed by atoms with Crippen molar-refractivity contribution in [1.29, 1.82) is 0 Å². The lowest BCUT2D eigenvalue weighted by Crippen LogP contribution is -2.12. The normalized spacial score (nSPS) is 11.3. The van der Waals surface area contributed by atoms with Crippen molar-refractivity contribution in [3.8, 4) is 0 Å². The number of aliphatic hydroxyl groups excluding tert-OH is 2. The minimum atomic E-state index is 0.0241. The van der Waals surface area contributed by atoms with E-state index in [0.29, 0.717) is 92.5 Å². The molecule has 0 unspecified atom stereocenters. The third-order valence-corrected chi connectivity index (χ3v) is 3.20. The highest BCUT2D eigenvalue weighted by molar-refractivity contribution is 7.89. The predicted molar refractivity (Wildman–Crippen MR) is 98.6 cm³/mol. The van der Waals surface area contributed by atoms with Crippen LogP contribution in [-0.2, 0) is 36.8 Å². The van der Waals surface area contributed by atoms with Gasteiger partial charge in [0.1, 0.15) is 0 Å². The maximum absolute atomic E-state index is 8.51. The highest BCUT2D eigenvalue weighted by Crippen LogP contribution is 2.03. The lowest BCUT2D eigenvalue weighted by atomic mass is 10.7. The van der Waals surface area contributed by atoms with Crippen LogP contribution in [-0.4, -0.2) is 116 Å². The van der Waals surface area contributed by atoms with Crippen LogP contribution in [0.25, 0.3) is 0 Å². The number of aliphatic hydroxyl groups is 2. The second-order valence-electron chi connectivity index (χ2n) is 4.83. The zero-order valence-corrected chi connectivity index (χ0v) is 16.7. The maximum atomic E-state index is 8.51. The van der Waals surface area contributed by atoms with Crippen molar-refractivity contribution in [2.75, 3.05) is 106 Å². The van der Waals surface area contributed by atoms with E-state index in [4.69, 9.17) is 47.0 Å². The summed E-state index contributed by atoms with van der Waals surface area (Å²) in [6.07, 6.45) is 0. The molecule has 0 rings (SSSR count). The molecule has 0 aromatic carbocycles. The molecule has 27 heavy (non-hydrogen) atoms. The fourth-order valence-electron chi connectivity index (χ4n) is 1.50. The fourth-order valence-corrected chi connectivity index (χ4v) is 1.84. The summed E-state index contributed by atoms with van der Waals surface area (Å²) in [5.74, 6) is 0. The van der Waals surface area contributed by atoms with Crippen LogP contribution in [0.2, 0.25) is 0 Å². The largest absolute Gasteiger partial charge is 0.394 e. The van der Waals surface area contributed by atoms with Gasteiger partial charge >= 0.3 is 0 Å². The van der Waals surface area contributed by atoms with Crippen LogP contribution in [0.4, 0.5) is 0 Å². The van der Waals surface area contributed by atoms with Gasteiger partial charge in [-0.2, -0.15) is 0 Å². The van der Waals surface area contributed by atoms with Crippen LogP contribution in [0.3, 0.4) is 0 Å². The van der Waals surface area contributed by atoms with Crippen molar-refractivity contribution in [3.63, 3.8) is 0 Å². The quantitative estimate of drug-likeness (QED) is 0.159. The van der Waals surface area contributed by atoms with Gasteiger partial charge in [-0.05, 0) is 0 Å². The Morgan fingerprint density at radius 3 is 0.926 bits per heavy atom. The standard InChI is InChI=1S/C16H34O10S/c17-1-3-19-5-7-21-9-11-23-13-15-25-27-26-16-14-24-12-10-22-8-6-20-4-2-18/h17-18H,1-16H2. The summed E-state index contributed by atoms with van der Waals surface area (Å²) in [5.41, 5.74) is 0. The van der Waals surface area contributed by atoms with Crippen LogP contribution in [0, 0.1) is 0 Å². The van der Waals surface area contributed by atoms with Crippen molar-refractivity contribution < 1.29 is 47.0 Å². The van der Waals surface area contributed by atoms with Crippen molar-refractivity contribution in [2.45, 2.75) is 0 Å². The van der Waals surface area contributed by atoms with E-state index in [2.05, 4.69) is 0 Å². The van der Waals surface area contributed by atoms with Crippen molar-refractivity contribution >= 4 is 12.3 Å². The highest BCUT2D eigenvalue weighted by Gasteiger charge is 1.95. The van der Waals surface area contributed by atoms with Crippen LogP contribution in [0.15, 0.2) is 0 Å². The van der Waals surface area contributed by atoms with E-state index in [1.54, 1.807) is 0 Å². The number of hydrogen-bond acceptors (Lipinski definition) is 11. The van der Waals surface area contributed by atoms with Crippen LogP contribution < -0.4 is 0 Å². The van der Waals surface area contributed by atoms with Crippen LogP contribution in [0.5, 0.6) is 0 Å². The van der Waals surface area contributed by atoms with Crippen molar-refractivity contribution in [3.05, 3.63) is 0 Å². The van der Waals surface area contributed by atoms with Gasteiger partial charge in [0.2, 0.25) is 0 Å². The Morgan fingerprint density at radius 2 is 0.630 bits per heavy atom. The summed E-state index contributed by atoms with van der Waals surface area (Å²) in [7, 11) is 0. The molecule has 0 aromatic rings. The molecule has 2 N–H and O–H groups in total. The molecule has 0 radical (unpaired) electrons. The first-order valence-electron chi connectivity index (χ1n) is 9.01. The van der Waals surface area contributed by atoms with E-state index in [-0.39, 0.29) is 13.2 Å². The van der Waals surface area contributed by atoms with Gasteiger partial charge in [-0.3, -0.25) is 8.37 Å². The Labute approximate surface area is 165 Å². The molecule has 0 atom stereocenters. The minimum absolute atomic E-state index is 0.0241. The average molecular weight is 419 g/mol. The Bertz CT molecular complexity index is 239. The molecule has 0 aliphatic heterocycles. The third-order valence-electron chi connectivity index (χ3n) is 2.68. The van der Waals surface area contributed by atoms with E-state index in [1.807, 2.05) is 0 Å². The zero-order chi connectivity index (χ0) is 19.7. The third kappa shape index (κ3) is 25.9. The summed E-state index contributed by atoms with van der Waals surface area (Å²) >= 11 is 0.916. The number of hydrogen-bond donors (Lipinski definition) is 2. The first-order chi connectivity index (χ1) is 13.4. The minimum Gasteiger partial charge on any atom is -0.394 e. The molecule has 164 valence electrons. The maximum Gasteiger partial charge on any atom is 0.158 e. The SMILES string of the molecule is OCCOCCOCCOCCOSOCCOCCOCCOCCO. The molecule has 0 bridgehead atoms. The Hall–Kier alpha value is -0.0500. The Kier molecular flexibility index (Phi) is 25.9. The molecule has 0 aliphatic rings. The molecule has 0 fully saturated rings. The molecule has 0 aliphatic carbocycles. The first-order valence-corrected chi connectivity index (χ1v) is 9.67. The summed E-state index contributed by atoms with van der Waals surface area (Å²) < 4.78 is 41.6. The molecule has 11 heteroatoms. The predicted octanol–water partition coefficient (Wildman–Crippen LogP) is -0.333. The molecule has 0 spiro atoms. The second-order valence-corrected chi connectivity index (χ2v) is 5.44. The van der Waals surface area contributed by atoms with Crippen LogP contribution in [0.1, 0.15) is 0 Å². The zero-order valence-electron chi connectivity index (χ0n) is 15.9. The number of rotatable bonds is 24. The molecule has 10 nitrogen and oxygen atoms in total. The van der Waals surface area contributed by atoms with Gasteiger partial charge in [-0.15, -0.1) is 0 Å². The smallest absolute Gasteiger partial charge is 0.158 e. The van der Waals surface area contributed by atoms with Gasteiger partial charge in [-0.25, -0.2) is 0 Å². The van der Waals surface area contributed by atoms with Gasteiger partial charge < -0.3 is 38.6 Å². The average Bonchev–Trinajstić information content (AvgIpc) is 2.68. The van der Waals surface area contributed by atoms with Gasteiger partial charge in [0.05, 0.1) is 106 Å². The summed E-state index contributed by atoms with van der Waals surface area (Å²) in [4.78, 5) is 0. The second kappa shape index (κ2) is 26.0. The lowest BCUT2D eigenvalue weighted by Gasteiger charge is -2.07. The fraction of sp³-hybridized carbons (Fsp3) is 1.00. The molecule has 0 heterocycles. The molecule has 0 saturated carbocycles. The number of ether oxygens (including phenoxy) is 6. The van der Waals surface area contributed by atoms with E-state index in [0.717, 1.165) is 12.3 Å². The summed E-state index contributed by atoms with van der Waals surface area (Å²) in [6.45, 7) is 6.30. The van der Waals surface area contributed by atoms with Crippen molar-refractivity contribution in [1.82, 2.24) is 0 Å².